The van der Waals surface area contributed by atoms with Crippen LogP contribution in [0.25, 0.3) is 5.95 Å². The average molecular weight is 303 g/mol. The van der Waals surface area contributed by atoms with Gasteiger partial charge < -0.3 is 10.6 Å². The van der Waals surface area contributed by atoms with Crippen molar-refractivity contribution < 1.29 is 0 Å². The molecule has 0 aromatic carbocycles. The van der Waals surface area contributed by atoms with Gasteiger partial charge in [0.25, 0.3) is 5.95 Å². The van der Waals surface area contributed by atoms with E-state index in [1.165, 1.54) is 17.3 Å². The van der Waals surface area contributed by atoms with Crippen molar-refractivity contribution in [1.82, 2.24) is 34.7 Å². The van der Waals surface area contributed by atoms with E-state index >= 15 is 0 Å². The van der Waals surface area contributed by atoms with Gasteiger partial charge in [0.1, 0.15) is 12.7 Å². The molecule has 3 aromatic rings. The molecule has 0 saturated heterocycles. The second-order valence-electron chi connectivity index (χ2n) is 4.35. The molecule has 3 rings (SSSR count). The summed E-state index contributed by atoms with van der Waals surface area (Å²) >= 11 is 1.60. The zero-order valence-electron chi connectivity index (χ0n) is 11.5. The predicted molar refractivity (Wildman–Crippen MR) is 78.1 cm³/mol. The molecule has 10 heteroatoms. The average Bonchev–Trinajstić information content (AvgIpc) is 3.11. The summed E-state index contributed by atoms with van der Waals surface area (Å²) in [5, 5.41) is 3.99. The Kier molecular flexibility index (Phi) is 3.44. The summed E-state index contributed by atoms with van der Waals surface area (Å²) in [5.74, 6) is 0.946. The van der Waals surface area contributed by atoms with Gasteiger partial charge in [-0.2, -0.15) is 24.7 Å². The minimum absolute atomic E-state index is 0.137. The highest BCUT2D eigenvalue weighted by Crippen LogP contribution is 2.17. The lowest BCUT2D eigenvalue weighted by Crippen LogP contribution is -2.21. The monoisotopic (exact) mass is 303 g/mol. The van der Waals surface area contributed by atoms with Crippen LogP contribution in [0.3, 0.4) is 0 Å². The number of hydrogen-bond donors (Lipinski definition) is 1. The largest absolute Gasteiger partial charge is 0.368 e. The first-order chi connectivity index (χ1) is 10.1. The number of anilines is 2. The van der Waals surface area contributed by atoms with E-state index in [9.17, 15) is 0 Å². The summed E-state index contributed by atoms with van der Waals surface area (Å²) in [6, 6.07) is 0. The summed E-state index contributed by atoms with van der Waals surface area (Å²) in [7, 11) is 1.89. The van der Waals surface area contributed by atoms with Crippen molar-refractivity contribution in [3.05, 3.63) is 28.7 Å². The number of hydrogen-bond acceptors (Lipinski definition) is 9. The Labute approximate surface area is 124 Å². The fourth-order valence-electron chi connectivity index (χ4n) is 1.72. The molecule has 3 aromatic heterocycles. The molecule has 0 spiro atoms. The van der Waals surface area contributed by atoms with Gasteiger partial charge in [-0.3, -0.25) is 0 Å². The molecule has 21 heavy (non-hydrogen) atoms. The number of aryl methyl sites for hydroxylation is 1. The Balaban J connectivity index is 1.89. The van der Waals surface area contributed by atoms with Crippen LogP contribution in [0, 0.1) is 6.92 Å². The lowest BCUT2D eigenvalue weighted by Gasteiger charge is -2.16. The normalized spacial score (nSPS) is 10.8. The third-order valence-electron chi connectivity index (χ3n) is 2.82. The van der Waals surface area contributed by atoms with Crippen molar-refractivity contribution in [2.45, 2.75) is 13.5 Å². The summed E-state index contributed by atoms with van der Waals surface area (Å²) < 4.78 is 1.44. The molecule has 0 aliphatic heterocycles. The third-order valence-corrected chi connectivity index (χ3v) is 3.74. The number of aromatic nitrogens is 7. The highest BCUT2D eigenvalue weighted by molar-refractivity contribution is 7.09. The van der Waals surface area contributed by atoms with Gasteiger partial charge in [-0.15, -0.1) is 11.3 Å². The Morgan fingerprint density at radius 1 is 1.33 bits per heavy atom. The second-order valence-corrected chi connectivity index (χ2v) is 5.29. The lowest BCUT2D eigenvalue weighted by molar-refractivity contribution is 0.777. The molecule has 0 aliphatic rings. The maximum absolute atomic E-state index is 5.75. The van der Waals surface area contributed by atoms with E-state index < -0.39 is 0 Å². The van der Waals surface area contributed by atoms with E-state index in [1.807, 2.05) is 24.4 Å². The molecular weight excluding hydrogens is 290 g/mol. The molecule has 0 fully saturated rings. The first-order valence-electron chi connectivity index (χ1n) is 6.10. The minimum atomic E-state index is 0.137. The fourth-order valence-corrected chi connectivity index (χ4v) is 2.55. The summed E-state index contributed by atoms with van der Waals surface area (Å²) in [6.45, 7) is 2.62. The topological polar surface area (TPSA) is 112 Å². The van der Waals surface area contributed by atoms with E-state index in [0.717, 1.165) is 10.6 Å². The van der Waals surface area contributed by atoms with E-state index in [-0.39, 0.29) is 5.95 Å². The Hall–Kier alpha value is -2.62. The van der Waals surface area contributed by atoms with Gasteiger partial charge >= 0.3 is 0 Å². The molecule has 0 amide bonds. The fraction of sp³-hybridized carbons (Fsp3) is 0.273. The van der Waals surface area contributed by atoms with E-state index in [2.05, 4.69) is 30.0 Å². The maximum atomic E-state index is 5.75. The van der Waals surface area contributed by atoms with Crippen molar-refractivity contribution in [1.29, 1.82) is 0 Å². The maximum Gasteiger partial charge on any atom is 0.258 e. The van der Waals surface area contributed by atoms with Crippen LogP contribution in [-0.2, 0) is 6.54 Å². The highest BCUT2D eigenvalue weighted by atomic mass is 32.1. The molecule has 2 N–H and O–H groups in total. The van der Waals surface area contributed by atoms with Crippen LogP contribution in [0.1, 0.15) is 10.6 Å². The first kappa shape index (κ1) is 13.4. The van der Waals surface area contributed by atoms with Crippen LogP contribution in [0.5, 0.6) is 0 Å². The molecule has 0 unspecified atom stereocenters. The molecule has 108 valence electrons. The number of nitrogen functional groups attached to an aromatic ring is 1. The molecule has 3 heterocycles. The van der Waals surface area contributed by atoms with Gasteiger partial charge in [0.15, 0.2) is 0 Å². The van der Waals surface area contributed by atoms with Gasteiger partial charge in [-0.05, 0) is 6.92 Å². The summed E-state index contributed by atoms with van der Waals surface area (Å²) in [4.78, 5) is 23.7. The first-order valence-corrected chi connectivity index (χ1v) is 6.98. The number of nitrogens with two attached hydrogens (primary N) is 1. The quantitative estimate of drug-likeness (QED) is 0.738. The van der Waals surface area contributed by atoms with Gasteiger partial charge in [0, 0.05) is 11.9 Å². The van der Waals surface area contributed by atoms with Crippen molar-refractivity contribution in [2.75, 3.05) is 17.7 Å². The van der Waals surface area contributed by atoms with Gasteiger partial charge in [-0.1, -0.05) is 0 Å². The molecule has 9 nitrogen and oxygen atoms in total. The second kappa shape index (κ2) is 5.40. The summed E-state index contributed by atoms with van der Waals surface area (Å²) in [5.41, 5.74) is 8.57. The molecule has 0 bridgehead atoms. The van der Waals surface area contributed by atoms with Crippen LogP contribution in [0.15, 0.2) is 18.2 Å². The SMILES string of the molecule is Cc1ncsc1CN(C)c1nc(N)nc(-n2cncn2)n1. The number of thiazole rings is 1. The Morgan fingerprint density at radius 2 is 2.19 bits per heavy atom. The molecule has 0 atom stereocenters. The lowest BCUT2D eigenvalue weighted by atomic mass is 10.4. The highest BCUT2D eigenvalue weighted by Gasteiger charge is 2.13. The van der Waals surface area contributed by atoms with Gasteiger partial charge in [0.2, 0.25) is 11.9 Å². The van der Waals surface area contributed by atoms with E-state index in [0.29, 0.717) is 18.4 Å². The van der Waals surface area contributed by atoms with Crippen LogP contribution in [-0.4, -0.2) is 41.7 Å². The van der Waals surface area contributed by atoms with Crippen LogP contribution in [0.2, 0.25) is 0 Å². The zero-order chi connectivity index (χ0) is 14.8. The molecule has 0 aliphatic carbocycles. The van der Waals surface area contributed by atoms with Gasteiger partial charge in [-0.25, -0.2) is 9.97 Å². The minimum Gasteiger partial charge on any atom is -0.368 e. The third kappa shape index (κ3) is 2.79. The zero-order valence-corrected chi connectivity index (χ0v) is 12.3. The Morgan fingerprint density at radius 3 is 2.86 bits per heavy atom. The van der Waals surface area contributed by atoms with Crippen molar-refractivity contribution in [3.63, 3.8) is 0 Å². The predicted octanol–water partition coefficient (Wildman–Crippen LogP) is 0.436. The number of rotatable bonds is 4. The van der Waals surface area contributed by atoms with Crippen LogP contribution in [0.4, 0.5) is 11.9 Å². The van der Waals surface area contributed by atoms with Crippen LogP contribution < -0.4 is 10.6 Å². The molecule has 0 saturated carbocycles. The van der Waals surface area contributed by atoms with Crippen molar-refractivity contribution >= 4 is 23.2 Å². The van der Waals surface area contributed by atoms with Crippen molar-refractivity contribution in [2.24, 2.45) is 0 Å². The van der Waals surface area contributed by atoms with E-state index in [1.54, 1.807) is 11.3 Å². The number of nitrogens with zero attached hydrogens (tertiary/aromatic N) is 8. The van der Waals surface area contributed by atoms with Gasteiger partial charge in [0.05, 0.1) is 17.7 Å². The van der Waals surface area contributed by atoms with E-state index in [4.69, 9.17) is 5.73 Å². The van der Waals surface area contributed by atoms with Crippen LogP contribution >= 0.6 is 11.3 Å². The molecule has 0 radical (unpaired) electrons. The Bertz CT molecular complexity index is 736. The van der Waals surface area contributed by atoms with Crippen molar-refractivity contribution in [3.8, 4) is 5.95 Å². The smallest absolute Gasteiger partial charge is 0.258 e. The molecular formula is C11H13N9S. The summed E-state index contributed by atoms with van der Waals surface area (Å²) in [6.07, 6.45) is 2.91. The standard InChI is InChI=1S/C11H13N9S/c1-7-8(21-6-14-7)3-19(2)10-16-9(12)17-11(18-10)20-5-13-4-15-20/h4-6H,3H2,1-2H3,(H2,12,16,17,18).